The highest BCUT2D eigenvalue weighted by Gasteiger charge is 2.33. The molecule has 2 aliphatic rings. The maximum Gasteiger partial charge on any atom is 0.259 e. The second kappa shape index (κ2) is 9.10. The van der Waals surface area contributed by atoms with E-state index in [0.717, 1.165) is 0 Å². The smallest absolute Gasteiger partial charge is 0.259 e. The fourth-order valence-electron chi connectivity index (χ4n) is 4.45. The lowest BCUT2D eigenvalue weighted by molar-refractivity contribution is 0.0649. The lowest BCUT2D eigenvalue weighted by atomic mass is 9.88. The van der Waals surface area contributed by atoms with Crippen molar-refractivity contribution in [2.45, 2.75) is 19.8 Å². The molecule has 0 spiro atoms. The predicted octanol–water partition coefficient (Wildman–Crippen LogP) is 4.95. The number of ketones is 1. The molecular weight excluding hydrogens is 463 g/mol. The lowest BCUT2D eigenvalue weighted by Crippen LogP contribution is -2.40. The number of carbonyl (C=O) groups excluding carboxylic acids is 2. The Kier molecular flexibility index (Phi) is 6.00. The Morgan fingerprint density at radius 3 is 2.56 bits per heavy atom. The molecule has 34 heavy (non-hydrogen) atoms. The van der Waals surface area contributed by atoms with Gasteiger partial charge in [0.05, 0.1) is 10.6 Å². The number of aryl methyl sites for hydroxylation is 1. The number of benzene rings is 2. The Morgan fingerprint density at radius 1 is 1.09 bits per heavy atom. The van der Waals surface area contributed by atoms with E-state index in [1.165, 1.54) is 18.2 Å². The number of hydrogen-bond donors (Lipinski definition) is 0. The van der Waals surface area contributed by atoms with E-state index in [1.807, 2.05) is 0 Å². The second-order valence-corrected chi connectivity index (χ2v) is 8.76. The molecule has 0 unspecified atom stereocenters. The number of hydrogen-bond acceptors (Lipinski definition) is 6. The predicted molar refractivity (Wildman–Crippen MR) is 122 cm³/mol. The zero-order valence-corrected chi connectivity index (χ0v) is 19.2. The summed E-state index contributed by atoms with van der Waals surface area (Å²) in [4.78, 5) is 28.1. The largest absolute Gasteiger partial charge is 0.486 e. The summed E-state index contributed by atoms with van der Waals surface area (Å²) in [6.45, 7) is 3.32. The standard InChI is InChI=1S/C25H22ClFN2O5/c1-14-21(23(28-34-14)22-17(26)3-2-4-18(22)27)25(31)29-9-7-15(8-10-29)24(30)16-5-6-19-20(13-16)33-12-11-32-19/h2-6,13,15H,7-12H2,1H3. The van der Waals surface area contributed by atoms with Gasteiger partial charge in [0, 0.05) is 24.6 Å². The summed E-state index contributed by atoms with van der Waals surface area (Å²) in [6.07, 6.45) is 1.03. The van der Waals surface area contributed by atoms with Crippen LogP contribution in [0, 0.1) is 18.7 Å². The van der Waals surface area contributed by atoms with Crippen LogP contribution in [0.5, 0.6) is 11.5 Å². The van der Waals surface area contributed by atoms with Crippen LogP contribution in [-0.2, 0) is 0 Å². The number of amides is 1. The van der Waals surface area contributed by atoms with Gasteiger partial charge in [0.1, 0.15) is 36.0 Å². The molecule has 0 saturated carbocycles. The molecule has 176 valence electrons. The minimum Gasteiger partial charge on any atom is -0.486 e. The van der Waals surface area contributed by atoms with Gasteiger partial charge >= 0.3 is 0 Å². The molecule has 9 heteroatoms. The number of rotatable bonds is 4. The van der Waals surface area contributed by atoms with Crippen molar-refractivity contribution in [2.75, 3.05) is 26.3 Å². The maximum atomic E-state index is 14.5. The number of ether oxygens (including phenoxy) is 2. The molecule has 3 aromatic rings. The first-order valence-corrected chi connectivity index (χ1v) is 11.5. The SMILES string of the molecule is Cc1onc(-c2c(F)cccc2Cl)c1C(=O)N1CCC(C(=O)c2ccc3c(c2)OCCO3)CC1. The topological polar surface area (TPSA) is 81.9 Å². The summed E-state index contributed by atoms with van der Waals surface area (Å²) >= 11 is 6.19. The van der Waals surface area contributed by atoms with Gasteiger partial charge in [0.25, 0.3) is 5.91 Å². The molecule has 1 fully saturated rings. The zero-order valence-electron chi connectivity index (χ0n) is 18.5. The third-order valence-electron chi connectivity index (χ3n) is 6.26. The Labute approximate surface area is 200 Å². The van der Waals surface area contributed by atoms with E-state index >= 15 is 0 Å². The number of likely N-dealkylation sites (tertiary alicyclic amines) is 1. The zero-order chi connectivity index (χ0) is 23.8. The van der Waals surface area contributed by atoms with Gasteiger partial charge in [-0.25, -0.2) is 4.39 Å². The molecule has 1 amide bonds. The third kappa shape index (κ3) is 4.03. The summed E-state index contributed by atoms with van der Waals surface area (Å²) in [6, 6.07) is 9.50. The van der Waals surface area contributed by atoms with Crippen molar-refractivity contribution in [1.29, 1.82) is 0 Å². The van der Waals surface area contributed by atoms with E-state index in [1.54, 1.807) is 30.0 Å². The lowest BCUT2D eigenvalue weighted by Gasteiger charge is -2.31. The summed E-state index contributed by atoms with van der Waals surface area (Å²) in [5.41, 5.74) is 0.872. The first-order valence-electron chi connectivity index (χ1n) is 11.1. The van der Waals surface area contributed by atoms with Gasteiger partial charge in [-0.3, -0.25) is 9.59 Å². The summed E-state index contributed by atoms with van der Waals surface area (Å²) in [5, 5.41) is 4.06. The molecule has 5 rings (SSSR count). The molecule has 1 aromatic heterocycles. The fourth-order valence-corrected chi connectivity index (χ4v) is 4.71. The Hall–Kier alpha value is -3.39. The van der Waals surface area contributed by atoms with E-state index in [9.17, 15) is 14.0 Å². The van der Waals surface area contributed by atoms with E-state index in [0.29, 0.717) is 56.2 Å². The van der Waals surface area contributed by atoms with Crippen LogP contribution in [0.25, 0.3) is 11.3 Å². The van der Waals surface area contributed by atoms with E-state index in [-0.39, 0.29) is 45.2 Å². The van der Waals surface area contributed by atoms with Crippen LogP contribution in [0.15, 0.2) is 40.9 Å². The minimum atomic E-state index is -0.585. The number of piperidine rings is 1. The van der Waals surface area contributed by atoms with Crippen LogP contribution >= 0.6 is 11.6 Å². The molecular formula is C25H22ClFN2O5. The molecule has 0 aliphatic carbocycles. The number of nitrogens with zero attached hydrogens (tertiary/aromatic N) is 2. The first-order chi connectivity index (χ1) is 16.4. The summed E-state index contributed by atoms with van der Waals surface area (Å²) in [7, 11) is 0. The van der Waals surface area contributed by atoms with Gasteiger partial charge < -0.3 is 18.9 Å². The van der Waals surface area contributed by atoms with Crippen LogP contribution < -0.4 is 9.47 Å². The van der Waals surface area contributed by atoms with Crippen LogP contribution in [0.2, 0.25) is 5.02 Å². The summed E-state index contributed by atoms with van der Waals surface area (Å²) in [5.74, 6) is 0.399. The normalized spacial score (nSPS) is 15.9. The molecule has 0 radical (unpaired) electrons. The van der Waals surface area contributed by atoms with Gasteiger partial charge in [0.15, 0.2) is 17.3 Å². The van der Waals surface area contributed by atoms with E-state index in [4.69, 9.17) is 25.6 Å². The number of halogens is 2. The Morgan fingerprint density at radius 2 is 1.82 bits per heavy atom. The number of fused-ring (bicyclic) bond motifs is 1. The summed E-state index contributed by atoms with van der Waals surface area (Å²) < 4.78 is 30.8. The van der Waals surface area contributed by atoms with Crippen molar-refractivity contribution in [3.05, 3.63) is 64.1 Å². The minimum absolute atomic E-state index is 0.0176. The molecule has 0 bridgehead atoms. The molecule has 2 aliphatic heterocycles. The quantitative estimate of drug-likeness (QED) is 0.487. The average Bonchev–Trinajstić information content (AvgIpc) is 3.23. The maximum absolute atomic E-state index is 14.5. The monoisotopic (exact) mass is 484 g/mol. The molecule has 0 N–H and O–H groups in total. The molecule has 2 aromatic carbocycles. The van der Waals surface area contributed by atoms with E-state index in [2.05, 4.69) is 5.16 Å². The van der Waals surface area contributed by atoms with Crippen molar-refractivity contribution in [3.63, 3.8) is 0 Å². The fraction of sp³-hybridized carbons (Fsp3) is 0.320. The Bertz CT molecular complexity index is 1250. The van der Waals surface area contributed by atoms with Crippen molar-refractivity contribution in [2.24, 2.45) is 5.92 Å². The van der Waals surface area contributed by atoms with Gasteiger partial charge in [-0.15, -0.1) is 0 Å². The highest BCUT2D eigenvalue weighted by molar-refractivity contribution is 6.33. The van der Waals surface area contributed by atoms with Crippen LogP contribution in [0.3, 0.4) is 0 Å². The van der Waals surface area contributed by atoms with Crippen molar-refractivity contribution < 1.29 is 28.0 Å². The van der Waals surface area contributed by atoms with Crippen LogP contribution in [-0.4, -0.2) is 48.1 Å². The van der Waals surface area contributed by atoms with E-state index < -0.39 is 5.82 Å². The van der Waals surface area contributed by atoms with Gasteiger partial charge in [-0.05, 0) is 50.1 Å². The van der Waals surface area contributed by atoms with Crippen molar-refractivity contribution in [3.8, 4) is 22.8 Å². The van der Waals surface area contributed by atoms with Gasteiger partial charge in [-0.2, -0.15) is 0 Å². The second-order valence-electron chi connectivity index (χ2n) is 8.35. The Balaban J connectivity index is 1.31. The van der Waals surface area contributed by atoms with Crippen LogP contribution in [0.4, 0.5) is 4.39 Å². The average molecular weight is 485 g/mol. The number of Topliss-reactive ketones (excluding diaryl/α,β-unsaturated/α-hetero) is 1. The first kappa shape index (κ1) is 22.4. The van der Waals surface area contributed by atoms with Gasteiger partial charge in [0.2, 0.25) is 0 Å². The van der Waals surface area contributed by atoms with Crippen molar-refractivity contribution in [1.82, 2.24) is 10.1 Å². The third-order valence-corrected chi connectivity index (χ3v) is 6.57. The molecule has 0 atom stereocenters. The highest BCUT2D eigenvalue weighted by atomic mass is 35.5. The number of aromatic nitrogens is 1. The van der Waals surface area contributed by atoms with Crippen LogP contribution in [0.1, 0.15) is 39.3 Å². The van der Waals surface area contributed by atoms with Crippen molar-refractivity contribution >= 4 is 23.3 Å². The molecule has 7 nitrogen and oxygen atoms in total. The molecule has 3 heterocycles. The van der Waals surface area contributed by atoms with Gasteiger partial charge in [-0.1, -0.05) is 22.8 Å². The highest BCUT2D eigenvalue weighted by Crippen LogP contribution is 2.35. The molecule has 1 saturated heterocycles. The number of carbonyl (C=O) groups is 2.